The zero-order valence-electron chi connectivity index (χ0n) is 12.4. The van der Waals surface area contributed by atoms with E-state index in [4.69, 9.17) is 4.74 Å². The first-order valence-electron chi connectivity index (χ1n) is 7.17. The molecule has 3 rings (SSSR count). The molecule has 1 aromatic rings. The lowest BCUT2D eigenvalue weighted by atomic mass is 9.76. The number of benzene rings is 1. The number of carboxylic acids is 1. The number of hydrazine groups is 1. The Hall–Kier alpha value is -2.67. The van der Waals surface area contributed by atoms with Gasteiger partial charge in [-0.2, -0.15) is 0 Å². The quantitative estimate of drug-likeness (QED) is 0.556. The summed E-state index contributed by atoms with van der Waals surface area (Å²) in [4.78, 5) is 35.7. The fourth-order valence-electron chi connectivity index (χ4n) is 3.14. The van der Waals surface area contributed by atoms with Gasteiger partial charge in [-0.3, -0.25) is 25.2 Å². The number of hydrogen-bond acceptors (Lipinski definition) is 4. The second-order valence-corrected chi connectivity index (χ2v) is 5.78. The SMILES string of the molecule is C[C@@]12C=C[C@@H](O1)[C@H](C(=O)O)[C@H]2C(=O)NNC(=O)c1ccccc1. The first kappa shape index (κ1) is 15.2. The summed E-state index contributed by atoms with van der Waals surface area (Å²) in [7, 11) is 0. The first-order valence-corrected chi connectivity index (χ1v) is 7.17. The van der Waals surface area contributed by atoms with Gasteiger partial charge in [0, 0.05) is 5.56 Å². The number of rotatable bonds is 3. The molecule has 2 aliphatic heterocycles. The minimum Gasteiger partial charge on any atom is -0.481 e. The van der Waals surface area contributed by atoms with Gasteiger partial charge in [0.25, 0.3) is 5.91 Å². The van der Waals surface area contributed by atoms with Crippen molar-refractivity contribution in [3.8, 4) is 0 Å². The number of hydrogen-bond donors (Lipinski definition) is 3. The summed E-state index contributed by atoms with van der Waals surface area (Å²) in [5.74, 6) is -4.05. The molecule has 7 heteroatoms. The highest BCUT2D eigenvalue weighted by Crippen LogP contribution is 2.46. The lowest BCUT2D eigenvalue weighted by molar-refractivity contribution is -0.147. The number of carbonyl (C=O) groups is 3. The molecule has 120 valence electrons. The Balaban J connectivity index is 1.69. The Morgan fingerprint density at radius 2 is 1.87 bits per heavy atom. The van der Waals surface area contributed by atoms with Crippen LogP contribution in [0.15, 0.2) is 42.5 Å². The van der Waals surface area contributed by atoms with Gasteiger partial charge >= 0.3 is 5.97 Å². The van der Waals surface area contributed by atoms with E-state index in [9.17, 15) is 19.5 Å². The van der Waals surface area contributed by atoms with E-state index < -0.39 is 41.3 Å². The summed E-state index contributed by atoms with van der Waals surface area (Å²) in [6, 6.07) is 8.38. The van der Waals surface area contributed by atoms with Crippen molar-refractivity contribution in [2.75, 3.05) is 0 Å². The van der Waals surface area contributed by atoms with Crippen LogP contribution in [0.5, 0.6) is 0 Å². The highest BCUT2D eigenvalue weighted by atomic mass is 16.5. The van der Waals surface area contributed by atoms with Gasteiger partial charge in [-0.15, -0.1) is 0 Å². The second-order valence-electron chi connectivity index (χ2n) is 5.78. The minimum atomic E-state index is -1.10. The zero-order chi connectivity index (χ0) is 16.6. The smallest absolute Gasteiger partial charge is 0.310 e. The van der Waals surface area contributed by atoms with E-state index in [-0.39, 0.29) is 0 Å². The summed E-state index contributed by atoms with van der Waals surface area (Å²) in [6.07, 6.45) is 2.73. The van der Waals surface area contributed by atoms with Crippen molar-refractivity contribution in [2.45, 2.75) is 18.6 Å². The van der Waals surface area contributed by atoms with Gasteiger partial charge < -0.3 is 9.84 Å². The van der Waals surface area contributed by atoms with Crippen LogP contribution in [0.25, 0.3) is 0 Å². The van der Waals surface area contributed by atoms with E-state index in [2.05, 4.69) is 10.9 Å². The fraction of sp³-hybridized carbons (Fsp3) is 0.312. The molecule has 23 heavy (non-hydrogen) atoms. The fourth-order valence-corrected chi connectivity index (χ4v) is 3.14. The van der Waals surface area contributed by atoms with Gasteiger partial charge in [-0.05, 0) is 19.1 Å². The van der Waals surface area contributed by atoms with Gasteiger partial charge in [0.15, 0.2) is 0 Å². The van der Waals surface area contributed by atoms with Crippen molar-refractivity contribution < 1.29 is 24.2 Å². The van der Waals surface area contributed by atoms with Crippen LogP contribution in [0.2, 0.25) is 0 Å². The molecule has 0 aliphatic carbocycles. The first-order chi connectivity index (χ1) is 10.9. The molecule has 2 aliphatic rings. The van der Waals surface area contributed by atoms with Crippen LogP contribution >= 0.6 is 0 Å². The second kappa shape index (κ2) is 5.51. The Kier molecular flexibility index (Phi) is 3.65. The average molecular weight is 316 g/mol. The van der Waals surface area contributed by atoms with Crippen LogP contribution in [0.3, 0.4) is 0 Å². The third-order valence-electron chi connectivity index (χ3n) is 4.24. The molecule has 1 aromatic carbocycles. The maximum absolute atomic E-state index is 12.4. The van der Waals surface area contributed by atoms with Gasteiger partial charge in [-0.25, -0.2) is 0 Å². The van der Waals surface area contributed by atoms with Crippen LogP contribution in [-0.2, 0) is 14.3 Å². The molecule has 2 amide bonds. The van der Waals surface area contributed by atoms with Crippen LogP contribution in [0.4, 0.5) is 0 Å². The lowest BCUT2D eigenvalue weighted by Crippen LogP contribution is -2.52. The topological polar surface area (TPSA) is 105 Å². The number of carboxylic acid groups (broad SMARTS) is 1. The summed E-state index contributed by atoms with van der Waals surface area (Å²) < 4.78 is 5.59. The number of aliphatic carboxylic acids is 1. The maximum atomic E-state index is 12.4. The summed E-state index contributed by atoms with van der Waals surface area (Å²) >= 11 is 0. The number of nitrogens with one attached hydrogen (secondary N) is 2. The van der Waals surface area contributed by atoms with E-state index >= 15 is 0 Å². The summed E-state index contributed by atoms with van der Waals surface area (Å²) in [5, 5.41) is 9.34. The van der Waals surface area contributed by atoms with Crippen molar-refractivity contribution in [1.82, 2.24) is 10.9 Å². The predicted molar refractivity (Wildman–Crippen MR) is 79.1 cm³/mol. The van der Waals surface area contributed by atoms with Crippen LogP contribution in [0.1, 0.15) is 17.3 Å². The van der Waals surface area contributed by atoms with Crippen molar-refractivity contribution in [3.63, 3.8) is 0 Å². The number of amides is 2. The molecule has 0 aromatic heterocycles. The average Bonchev–Trinajstić information content (AvgIpc) is 3.06. The Labute approximate surface area is 132 Å². The molecule has 0 spiro atoms. The zero-order valence-corrected chi connectivity index (χ0v) is 12.4. The Bertz CT molecular complexity index is 687. The molecular formula is C16H16N2O5. The van der Waals surface area contributed by atoms with Crippen molar-refractivity contribution in [2.24, 2.45) is 11.8 Å². The van der Waals surface area contributed by atoms with Gasteiger partial charge in [0.05, 0.1) is 17.6 Å². The van der Waals surface area contributed by atoms with E-state index in [1.165, 1.54) is 0 Å². The van der Waals surface area contributed by atoms with E-state index in [0.717, 1.165) is 0 Å². The van der Waals surface area contributed by atoms with Crippen molar-refractivity contribution in [3.05, 3.63) is 48.0 Å². The van der Waals surface area contributed by atoms with Crippen LogP contribution in [0, 0.1) is 11.8 Å². The summed E-state index contributed by atoms with van der Waals surface area (Å²) in [6.45, 7) is 1.66. The normalized spacial score (nSPS) is 30.9. The molecule has 3 N–H and O–H groups in total. The molecule has 1 saturated heterocycles. The number of fused-ring (bicyclic) bond motifs is 2. The third-order valence-corrected chi connectivity index (χ3v) is 4.24. The van der Waals surface area contributed by atoms with Crippen LogP contribution < -0.4 is 10.9 Å². The third kappa shape index (κ3) is 2.59. The molecule has 4 atom stereocenters. The van der Waals surface area contributed by atoms with E-state index in [0.29, 0.717) is 5.56 Å². The number of carbonyl (C=O) groups excluding carboxylic acids is 2. The molecule has 0 saturated carbocycles. The molecule has 2 bridgehead atoms. The number of ether oxygens (including phenoxy) is 1. The molecule has 7 nitrogen and oxygen atoms in total. The molecular weight excluding hydrogens is 300 g/mol. The van der Waals surface area contributed by atoms with Crippen molar-refractivity contribution >= 4 is 17.8 Å². The molecule has 1 fully saturated rings. The lowest BCUT2D eigenvalue weighted by Gasteiger charge is -2.27. The molecule has 2 heterocycles. The largest absolute Gasteiger partial charge is 0.481 e. The Morgan fingerprint density at radius 1 is 1.17 bits per heavy atom. The van der Waals surface area contributed by atoms with Gasteiger partial charge in [0.1, 0.15) is 5.92 Å². The summed E-state index contributed by atoms with van der Waals surface area (Å²) in [5.41, 5.74) is 4.01. The monoisotopic (exact) mass is 316 g/mol. The van der Waals surface area contributed by atoms with Gasteiger partial charge in [-0.1, -0.05) is 30.4 Å². The highest BCUT2D eigenvalue weighted by Gasteiger charge is 2.59. The maximum Gasteiger partial charge on any atom is 0.310 e. The van der Waals surface area contributed by atoms with E-state index in [1.807, 2.05) is 0 Å². The Morgan fingerprint density at radius 3 is 2.52 bits per heavy atom. The van der Waals surface area contributed by atoms with Crippen LogP contribution in [-0.4, -0.2) is 34.6 Å². The molecule has 0 unspecified atom stereocenters. The predicted octanol–water partition coefficient (Wildman–Crippen LogP) is 0.492. The van der Waals surface area contributed by atoms with Gasteiger partial charge in [0.2, 0.25) is 5.91 Å². The standard InChI is InChI=1S/C16H16N2O5/c1-16-8-7-10(23-16)11(15(21)22)12(16)14(20)18-17-13(19)9-5-3-2-4-6-9/h2-8,10-12H,1H3,(H,17,19)(H,18,20)(H,21,22)/t10-,11+,12+,16+/m1/s1. The highest BCUT2D eigenvalue weighted by molar-refractivity contribution is 5.96. The molecule has 0 radical (unpaired) electrons. The van der Waals surface area contributed by atoms with Crippen molar-refractivity contribution in [1.29, 1.82) is 0 Å². The minimum absolute atomic E-state index is 0.387. The van der Waals surface area contributed by atoms with E-state index in [1.54, 1.807) is 49.4 Å².